The van der Waals surface area contributed by atoms with Crippen LogP contribution in [0.5, 0.6) is 5.75 Å². The van der Waals surface area contributed by atoms with Crippen LogP contribution in [-0.4, -0.2) is 30.8 Å². The van der Waals surface area contributed by atoms with Crippen LogP contribution >= 0.6 is 0 Å². The van der Waals surface area contributed by atoms with Crippen molar-refractivity contribution in [3.8, 4) is 5.75 Å². The molecule has 0 bridgehead atoms. The molecule has 1 aromatic heterocycles. The zero-order valence-corrected chi connectivity index (χ0v) is 14.8. The number of carbonyl (C=O) groups is 1. The molecule has 0 aliphatic carbocycles. The van der Waals surface area contributed by atoms with Gasteiger partial charge in [0.25, 0.3) is 5.91 Å². The molecule has 0 saturated carbocycles. The number of furan rings is 1. The Morgan fingerprint density at radius 2 is 2.20 bits per heavy atom. The molecule has 1 aromatic carbocycles. The highest BCUT2D eigenvalue weighted by Gasteiger charge is 2.27. The van der Waals surface area contributed by atoms with Crippen molar-refractivity contribution in [2.45, 2.75) is 45.3 Å². The van der Waals surface area contributed by atoms with Gasteiger partial charge in [0.2, 0.25) is 0 Å². The lowest BCUT2D eigenvalue weighted by Gasteiger charge is -2.28. The van der Waals surface area contributed by atoms with Crippen molar-refractivity contribution in [2.24, 2.45) is 0 Å². The fourth-order valence-corrected chi connectivity index (χ4v) is 3.52. The van der Waals surface area contributed by atoms with E-state index in [-0.39, 0.29) is 17.6 Å². The normalized spacial score (nSPS) is 21.2. The van der Waals surface area contributed by atoms with E-state index in [9.17, 15) is 4.79 Å². The van der Waals surface area contributed by atoms with Crippen molar-refractivity contribution in [3.63, 3.8) is 0 Å². The quantitative estimate of drug-likeness (QED) is 0.921. The van der Waals surface area contributed by atoms with E-state index >= 15 is 0 Å². The summed E-state index contributed by atoms with van der Waals surface area (Å²) in [5.41, 5.74) is 2.17. The lowest BCUT2D eigenvalue weighted by atomic mass is 9.98. The number of hydrogen-bond donors (Lipinski definition) is 1. The van der Waals surface area contributed by atoms with Crippen LogP contribution in [-0.2, 0) is 4.74 Å². The van der Waals surface area contributed by atoms with Gasteiger partial charge in [-0.05, 0) is 51.8 Å². The number of hydrogen-bond acceptors (Lipinski definition) is 4. The summed E-state index contributed by atoms with van der Waals surface area (Å²) >= 11 is 0. The summed E-state index contributed by atoms with van der Waals surface area (Å²) in [4.78, 5) is 12.6. The van der Waals surface area contributed by atoms with Crippen molar-refractivity contribution >= 4 is 23.0 Å². The topological polar surface area (TPSA) is 60.7 Å². The monoisotopic (exact) mass is 341 g/mol. The van der Waals surface area contributed by atoms with Gasteiger partial charge in [-0.25, -0.2) is 0 Å². The number of amides is 1. The van der Waals surface area contributed by atoms with Gasteiger partial charge in [0.05, 0.1) is 6.10 Å². The van der Waals surface area contributed by atoms with Crippen molar-refractivity contribution in [2.75, 3.05) is 13.2 Å². The molecular formula is C20H23NO4. The number of carbonyl (C=O) groups excluding carboxylic acids is 1. The van der Waals surface area contributed by atoms with Gasteiger partial charge >= 0.3 is 0 Å². The van der Waals surface area contributed by atoms with E-state index in [1.165, 1.54) is 0 Å². The molecule has 5 nitrogen and oxygen atoms in total. The average Bonchev–Trinajstić information content (AvgIpc) is 3.20. The molecule has 1 fully saturated rings. The summed E-state index contributed by atoms with van der Waals surface area (Å²) in [6, 6.07) is 3.77. The zero-order valence-electron chi connectivity index (χ0n) is 14.8. The van der Waals surface area contributed by atoms with Crippen molar-refractivity contribution < 1.29 is 18.7 Å². The van der Waals surface area contributed by atoms with E-state index in [0.29, 0.717) is 17.9 Å². The van der Waals surface area contributed by atoms with Gasteiger partial charge in [0, 0.05) is 29.7 Å². The molecule has 1 saturated heterocycles. The summed E-state index contributed by atoms with van der Waals surface area (Å²) in [6.07, 6.45) is 6.24. The fourth-order valence-electron chi connectivity index (χ4n) is 3.52. The summed E-state index contributed by atoms with van der Waals surface area (Å²) in [5, 5.41) is 3.87. The van der Waals surface area contributed by atoms with E-state index in [0.717, 1.165) is 41.7 Å². The van der Waals surface area contributed by atoms with Crippen LogP contribution in [0.2, 0.25) is 0 Å². The van der Waals surface area contributed by atoms with Crippen molar-refractivity contribution in [3.05, 3.63) is 35.1 Å². The maximum atomic E-state index is 12.6. The van der Waals surface area contributed by atoms with Gasteiger partial charge < -0.3 is 19.2 Å². The SMILES string of the molecule is Cc1c(C(=O)NCC2CCCO2)oc2ccc3c(c12)C=CC(C)(C)O3. The van der Waals surface area contributed by atoms with E-state index < -0.39 is 0 Å². The predicted octanol–water partition coefficient (Wildman–Crippen LogP) is 3.83. The first-order valence-electron chi connectivity index (χ1n) is 8.79. The molecule has 5 heteroatoms. The minimum absolute atomic E-state index is 0.111. The standard InChI is InChI=1S/C20H23NO4/c1-12-17-14-8-9-20(2,3)25-15(14)6-7-16(17)24-18(12)19(22)21-11-13-5-4-10-23-13/h6-9,13H,4-5,10-11H2,1-3H3,(H,21,22). The maximum absolute atomic E-state index is 12.6. The molecule has 0 radical (unpaired) electrons. The number of benzene rings is 1. The van der Waals surface area contributed by atoms with Crippen LogP contribution in [0.1, 0.15) is 48.4 Å². The number of aryl methyl sites for hydroxylation is 1. The summed E-state index contributed by atoms with van der Waals surface area (Å²) in [5.74, 6) is 0.980. The lowest BCUT2D eigenvalue weighted by molar-refractivity contribution is 0.0836. The molecule has 1 amide bonds. The Labute approximate surface area is 147 Å². The van der Waals surface area contributed by atoms with Crippen LogP contribution in [0, 0.1) is 6.92 Å². The van der Waals surface area contributed by atoms with Gasteiger partial charge in [0.15, 0.2) is 5.76 Å². The Bertz CT molecular complexity index is 856. The highest BCUT2D eigenvalue weighted by molar-refractivity contribution is 6.02. The lowest BCUT2D eigenvalue weighted by Crippen LogP contribution is -2.31. The molecule has 2 aliphatic rings. The summed E-state index contributed by atoms with van der Waals surface area (Å²) in [6.45, 7) is 7.25. The highest BCUT2D eigenvalue weighted by Crippen LogP contribution is 2.39. The molecule has 0 spiro atoms. The minimum Gasteiger partial charge on any atom is -0.483 e. The molecule has 132 valence electrons. The van der Waals surface area contributed by atoms with Crippen LogP contribution in [0.15, 0.2) is 22.6 Å². The second-order valence-electron chi connectivity index (χ2n) is 7.29. The minimum atomic E-state index is -0.334. The summed E-state index contributed by atoms with van der Waals surface area (Å²) in [7, 11) is 0. The third-order valence-corrected chi connectivity index (χ3v) is 4.84. The van der Waals surface area contributed by atoms with Gasteiger partial charge in [-0.3, -0.25) is 4.79 Å². The Morgan fingerprint density at radius 1 is 1.36 bits per heavy atom. The van der Waals surface area contributed by atoms with Crippen LogP contribution < -0.4 is 10.1 Å². The third-order valence-electron chi connectivity index (χ3n) is 4.84. The smallest absolute Gasteiger partial charge is 0.287 e. The first kappa shape index (κ1) is 16.2. The molecule has 3 heterocycles. The van der Waals surface area contributed by atoms with Crippen LogP contribution in [0.3, 0.4) is 0 Å². The van der Waals surface area contributed by atoms with E-state index in [4.69, 9.17) is 13.9 Å². The first-order valence-corrected chi connectivity index (χ1v) is 8.79. The fraction of sp³-hybridized carbons (Fsp3) is 0.450. The molecule has 25 heavy (non-hydrogen) atoms. The Balaban J connectivity index is 1.65. The van der Waals surface area contributed by atoms with Gasteiger partial charge in [-0.15, -0.1) is 0 Å². The molecule has 2 aromatic rings. The molecule has 2 aliphatic heterocycles. The largest absolute Gasteiger partial charge is 0.483 e. The first-order chi connectivity index (χ1) is 11.9. The molecular weight excluding hydrogens is 318 g/mol. The Kier molecular flexibility index (Phi) is 3.84. The molecule has 1 unspecified atom stereocenters. The highest BCUT2D eigenvalue weighted by atomic mass is 16.5. The van der Waals surface area contributed by atoms with Crippen LogP contribution in [0.25, 0.3) is 17.0 Å². The van der Waals surface area contributed by atoms with Gasteiger partial charge in [0.1, 0.15) is 16.9 Å². The number of ether oxygens (including phenoxy) is 2. The van der Waals surface area contributed by atoms with Crippen molar-refractivity contribution in [1.29, 1.82) is 0 Å². The average molecular weight is 341 g/mol. The second kappa shape index (κ2) is 5.92. The van der Waals surface area contributed by atoms with E-state index in [2.05, 4.69) is 11.4 Å². The molecule has 1 N–H and O–H groups in total. The van der Waals surface area contributed by atoms with E-state index in [1.807, 2.05) is 39.0 Å². The number of fused-ring (bicyclic) bond motifs is 3. The van der Waals surface area contributed by atoms with Gasteiger partial charge in [-0.2, -0.15) is 0 Å². The molecule has 4 rings (SSSR count). The predicted molar refractivity (Wildman–Crippen MR) is 96.0 cm³/mol. The maximum Gasteiger partial charge on any atom is 0.287 e. The number of rotatable bonds is 3. The Hall–Kier alpha value is -2.27. The number of nitrogens with one attached hydrogen (secondary N) is 1. The Morgan fingerprint density at radius 3 is 2.96 bits per heavy atom. The van der Waals surface area contributed by atoms with Gasteiger partial charge in [-0.1, -0.05) is 6.08 Å². The summed E-state index contributed by atoms with van der Waals surface area (Å²) < 4.78 is 17.4. The second-order valence-corrected chi connectivity index (χ2v) is 7.29. The van der Waals surface area contributed by atoms with Crippen molar-refractivity contribution in [1.82, 2.24) is 5.32 Å². The molecule has 1 atom stereocenters. The van der Waals surface area contributed by atoms with E-state index in [1.54, 1.807) is 0 Å². The zero-order chi connectivity index (χ0) is 17.6. The van der Waals surface area contributed by atoms with Crippen LogP contribution in [0.4, 0.5) is 0 Å². The third kappa shape index (κ3) is 2.93.